The van der Waals surface area contributed by atoms with Crippen LogP contribution in [0, 0.1) is 0 Å². The first kappa shape index (κ1) is 24.0. The largest absolute Gasteiger partial charge is 0.497 e. The van der Waals surface area contributed by atoms with Crippen molar-refractivity contribution < 1.29 is 14.3 Å². The predicted octanol–water partition coefficient (Wildman–Crippen LogP) is 2.20. The highest BCUT2D eigenvalue weighted by atomic mass is 16.5. The fraction of sp³-hybridized carbons (Fsp3) is 0.538. The summed E-state index contributed by atoms with van der Waals surface area (Å²) in [5, 5.41) is 0. The maximum atomic E-state index is 13.9. The molecule has 2 amide bonds. The van der Waals surface area contributed by atoms with Gasteiger partial charge in [0.1, 0.15) is 11.6 Å². The van der Waals surface area contributed by atoms with Crippen molar-refractivity contribution in [3.8, 4) is 5.75 Å². The summed E-state index contributed by atoms with van der Waals surface area (Å²) in [6, 6.07) is 12.2. The zero-order valence-electron chi connectivity index (χ0n) is 20.7. The first-order valence-electron chi connectivity index (χ1n) is 12.5. The van der Waals surface area contributed by atoms with Gasteiger partial charge in [0, 0.05) is 58.5 Å². The van der Waals surface area contributed by atoms with Crippen LogP contribution < -0.4 is 20.5 Å². The Morgan fingerprint density at radius 1 is 1.11 bits per heavy atom. The molecule has 9 nitrogen and oxygen atoms in total. The number of piperidine rings is 1. The van der Waals surface area contributed by atoms with Gasteiger partial charge in [-0.05, 0) is 42.2 Å². The second-order valence-corrected chi connectivity index (χ2v) is 9.77. The quantitative estimate of drug-likeness (QED) is 0.600. The number of urea groups is 1. The van der Waals surface area contributed by atoms with Crippen LogP contribution in [0.3, 0.4) is 0 Å². The number of carbonyl (C=O) groups is 1. The van der Waals surface area contributed by atoms with E-state index < -0.39 is 0 Å². The summed E-state index contributed by atoms with van der Waals surface area (Å²) in [5.74, 6) is 1.94. The number of carbonyl (C=O) groups excluding carboxylic acids is 1. The topological polar surface area (TPSA) is 82.2 Å². The van der Waals surface area contributed by atoms with Crippen LogP contribution >= 0.6 is 0 Å². The predicted molar refractivity (Wildman–Crippen MR) is 135 cm³/mol. The summed E-state index contributed by atoms with van der Waals surface area (Å²) in [5.41, 5.74) is 8.38. The van der Waals surface area contributed by atoms with Crippen molar-refractivity contribution >= 4 is 11.8 Å². The Balaban J connectivity index is 1.38. The molecule has 1 aromatic heterocycles. The summed E-state index contributed by atoms with van der Waals surface area (Å²) in [6.07, 6.45) is 3.79. The van der Waals surface area contributed by atoms with Crippen LogP contribution in [-0.2, 0) is 11.3 Å². The van der Waals surface area contributed by atoms with Crippen LogP contribution in [0.2, 0.25) is 0 Å². The maximum absolute atomic E-state index is 13.9. The normalized spacial score (nSPS) is 20.8. The molecule has 0 aliphatic carbocycles. The number of nitrogens with one attached hydrogen (secondary N) is 2. The Bertz CT molecular complexity index is 1000. The number of ether oxygens (including phenoxy) is 2. The number of hydrogen-bond acceptors (Lipinski definition) is 7. The molecule has 35 heavy (non-hydrogen) atoms. The van der Waals surface area contributed by atoms with Gasteiger partial charge in [0.15, 0.2) is 0 Å². The van der Waals surface area contributed by atoms with E-state index in [4.69, 9.17) is 14.5 Å². The molecule has 3 fully saturated rings. The van der Waals surface area contributed by atoms with Gasteiger partial charge in [-0.25, -0.2) is 9.78 Å². The number of amides is 2. The van der Waals surface area contributed by atoms with E-state index in [9.17, 15) is 4.79 Å². The van der Waals surface area contributed by atoms with Crippen LogP contribution in [0.15, 0.2) is 42.6 Å². The molecule has 3 aliphatic rings. The van der Waals surface area contributed by atoms with E-state index in [1.807, 2.05) is 35.4 Å². The number of benzene rings is 1. The van der Waals surface area contributed by atoms with Gasteiger partial charge in [0.25, 0.3) is 0 Å². The van der Waals surface area contributed by atoms with Crippen LogP contribution in [-0.4, -0.2) is 86.4 Å². The summed E-state index contributed by atoms with van der Waals surface area (Å²) < 4.78 is 10.7. The van der Waals surface area contributed by atoms with Gasteiger partial charge in [0.2, 0.25) is 0 Å². The number of hydrazine groups is 1. The van der Waals surface area contributed by atoms with Crippen molar-refractivity contribution in [2.45, 2.75) is 30.8 Å². The Morgan fingerprint density at radius 2 is 1.91 bits per heavy atom. The van der Waals surface area contributed by atoms with Crippen molar-refractivity contribution in [3.63, 3.8) is 0 Å². The van der Waals surface area contributed by atoms with Gasteiger partial charge in [-0.2, -0.15) is 0 Å². The van der Waals surface area contributed by atoms with Gasteiger partial charge in [-0.3, -0.25) is 15.8 Å². The highest BCUT2D eigenvalue weighted by Crippen LogP contribution is 2.39. The van der Waals surface area contributed by atoms with E-state index in [0.717, 1.165) is 69.3 Å². The van der Waals surface area contributed by atoms with Crippen molar-refractivity contribution in [1.82, 2.24) is 25.6 Å². The highest BCUT2D eigenvalue weighted by Gasteiger charge is 2.51. The monoisotopic (exact) mass is 480 g/mol. The third kappa shape index (κ3) is 4.99. The van der Waals surface area contributed by atoms with E-state index >= 15 is 0 Å². The van der Waals surface area contributed by atoms with Crippen LogP contribution in [0.4, 0.5) is 10.6 Å². The molecule has 0 radical (unpaired) electrons. The molecular weight excluding hydrogens is 444 g/mol. The first-order valence-corrected chi connectivity index (χ1v) is 12.5. The molecule has 0 atom stereocenters. The standard InChI is InChI=1S/C26H36N6O3/c1-34-13-12-30-10-8-26(9-11-30)19-31(24-7-6-21(15-27-24)22-16-28-29-17-22)25(33)32(26)18-20-4-3-5-23(14-20)35-2/h3-7,14-15,22,28-29H,8-13,16-19H2,1-2H3. The molecule has 5 rings (SSSR count). The van der Waals surface area contributed by atoms with Crippen molar-refractivity contribution in [3.05, 3.63) is 53.7 Å². The third-order valence-corrected chi connectivity index (χ3v) is 7.70. The number of anilines is 1. The van der Waals surface area contributed by atoms with Crippen LogP contribution in [0.25, 0.3) is 0 Å². The SMILES string of the molecule is COCCN1CCC2(CC1)CN(c1ccc(C3CNNC3)cn1)C(=O)N2Cc1cccc(OC)c1. The van der Waals surface area contributed by atoms with Crippen LogP contribution in [0.1, 0.15) is 29.9 Å². The number of nitrogens with zero attached hydrogens (tertiary/aromatic N) is 4. The van der Waals surface area contributed by atoms with Gasteiger partial charge in [-0.1, -0.05) is 18.2 Å². The van der Waals surface area contributed by atoms with Gasteiger partial charge >= 0.3 is 6.03 Å². The Labute approximate surface area is 207 Å². The highest BCUT2D eigenvalue weighted by molar-refractivity contribution is 5.94. The number of hydrogen-bond donors (Lipinski definition) is 2. The molecule has 0 unspecified atom stereocenters. The number of aromatic nitrogens is 1. The zero-order chi connectivity index (χ0) is 24.3. The van der Waals surface area contributed by atoms with E-state index in [-0.39, 0.29) is 11.6 Å². The van der Waals surface area contributed by atoms with Crippen molar-refractivity contribution in [1.29, 1.82) is 0 Å². The molecule has 2 N–H and O–H groups in total. The van der Waals surface area contributed by atoms with E-state index in [1.165, 1.54) is 5.56 Å². The second kappa shape index (κ2) is 10.5. The summed E-state index contributed by atoms with van der Waals surface area (Å²) >= 11 is 0. The average molecular weight is 481 g/mol. The molecule has 4 heterocycles. The molecule has 9 heteroatoms. The third-order valence-electron chi connectivity index (χ3n) is 7.70. The Morgan fingerprint density at radius 3 is 2.60 bits per heavy atom. The molecule has 0 bridgehead atoms. The van der Waals surface area contributed by atoms with Crippen molar-refractivity contribution in [2.24, 2.45) is 0 Å². The molecule has 3 saturated heterocycles. The average Bonchev–Trinajstić information content (AvgIpc) is 3.53. The van der Waals surface area contributed by atoms with Gasteiger partial charge in [-0.15, -0.1) is 0 Å². The van der Waals surface area contributed by atoms with Crippen molar-refractivity contribution in [2.75, 3.05) is 65.0 Å². The van der Waals surface area contributed by atoms with E-state index in [1.54, 1.807) is 14.2 Å². The minimum absolute atomic E-state index is 0.0302. The van der Waals surface area contributed by atoms with Gasteiger partial charge in [0.05, 0.1) is 25.8 Å². The summed E-state index contributed by atoms with van der Waals surface area (Å²) in [7, 11) is 3.42. The number of methoxy groups -OCH3 is 2. The molecular formula is C26H36N6O3. The number of pyridine rings is 1. The molecule has 0 saturated carbocycles. The van der Waals surface area contributed by atoms with Crippen LogP contribution in [0.5, 0.6) is 5.75 Å². The Hall–Kier alpha value is -2.72. The lowest BCUT2D eigenvalue weighted by Crippen LogP contribution is -2.54. The number of rotatable bonds is 8. The summed E-state index contributed by atoms with van der Waals surface area (Å²) in [6.45, 7) is 6.55. The minimum Gasteiger partial charge on any atom is -0.497 e. The summed E-state index contributed by atoms with van der Waals surface area (Å²) in [4.78, 5) is 25.0. The first-order chi connectivity index (χ1) is 17.1. The lowest BCUT2D eigenvalue weighted by atomic mass is 9.86. The van der Waals surface area contributed by atoms with Gasteiger partial charge < -0.3 is 19.3 Å². The molecule has 188 valence electrons. The minimum atomic E-state index is -0.219. The fourth-order valence-corrected chi connectivity index (χ4v) is 5.50. The fourth-order valence-electron chi connectivity index (χ4n) is 5.50. The zero-order valence-corrected chi connectivity index (χ0v) is 20.7. The maximum Gasteiger partial charge on any atom is 0.326 e. The Kier molecular flexibility index (Phi) is 7.19. The van der Waals surface area contributed by atoms with E-state index in [0.29, 0.717) is 19.0 Å². The number of likely N-dealkylation sites (tertiary alicyclic amines) is 1. The molecule has 1 spiro atoms. The molecule has 3 aliphatic heterocycles. The molecule has 1 aromatic carbocycles. The lowest BCUT2D eigenvalue weighted by molar-refractivity contribution is 0.0583. The van der Waals surface area contributed by atoms with E-state index in [2.05, 4.69) is 32.8 Å². The smallest absolute Gasteiger partial charge is 0.326 e. The second-order valence-electron chi connectivity index (χ2n) is 9.77. The lowest BCUT2D eigenvalue weighted by Gasteiger charge is -2.43. The molecule has 2 aromatic rings.